The van der Waals surface area contributed by atoms with Crippen molar-refractivity contribution in [2.45, 2.75) is 46.6 Å². The summed E-state index contributed by atoms with van der Waals surface area (Å²) in [7, 11) is 1.60. The van der Waals surface area contributed by atoms with Crippen LogP contribution >= 0.6 is 0 Å². The Morgan fingerprint density at radius 1 is 1.03 bits per heavy atom. The Balaban J connectivity index is 2.03. The highest BCUT2D eigenvalue weighted by Crippen LogP contribution is 2.27. The summed E-state index contributed by atoms with van der Waals surface area (Å²) in [6.07, 6.45) is 0. The van der Waals surface area contributed by atoms with Crippen LogP contribution in [-0.2, 0) is 9.59 Å². The number of carbonyl (C=O) groups excluding carboxylic acids is 2. The van der Waals surface area contributed by atoms with E-state index in [0.717, 1.165) is 27.5 Å². The molecule has 2 rings (SSSR count). The van der Waals surface area contributed by atoms with Crippen molar-refractivity contribution in [1.29, 1.82) is 0 Å². The van der Waals surface area contributed by atoms with E-state index in [1.165, 1.54) is 0 Å². The van der Waals surface area contributed by atoms with Gasteiger partial charge in [0.15, 0.2) is 12.6 Å². The summed E-state index contributed by atoms with van der Waals surface area (Å²) in [5.74, 6) is 0.826. The molecule has 0 aliphatic carbocycles. The fourth-order valence-electron chi connectivity index (χ4n) is 3.43. The number of quaternary nitrogens is 1. The first-order valence-electron chi connectivity index (χ1n) is 10.5. The Kier molecular flexibility index (Phi) is 8.42. The molecule has 3 N–H and O–H groups in total. The van der Waals surface area contributed by atoms with Crippen LogP contribution in [0.4, 0.5) is 11.4 Å². The van der Waals surface area contributed by atoms with Gasteiger partial charge in [0.05, 0.1) is 13.7 Å². The van der Waals surface area contributed by atoms with E-state index < -0.39 is 0 Å². The molecule has 2 aromatic rings. The molecule has 6 nitrogen and oxygen atoms in total. The zero-order valence-corrected chi connectivity index (χ0v) is 18.8. The van der Waals surface area contributed by atoms with Crippen molar-refractivity contribution in [2.24, 2.45) is 0 Å². The molecule has 2 aromatic carbocycles. The number of hydrogen-bond acceptors (Lipinski definition) is 3. The minimum atomic E-state index is -0.365. The molecular weight excluding hydrogens is 378 g/mol. The molecule has 0 spiro atoms. The third-order valence-corrected chi connectivity index (χ3v) is 5.40. The molecule has 0 saturated heterocycles. The third-order valence-electron chi connectivity index (χ3n) is 5.40. The smallest absolute Gasteiger partial charge is 0.282 e. The maximum Gasteiger partial charge on any atom is 0.282 e. The lowest BCUT2D eigenvalue weighted by atomic mass is 9.98. The normalized spacial score (nSPS) is 12.9. The van der Waals surface area contributed by atoms with Gasteiger partial charge in [0, 0.05) is 11.4 Å². The summed E-state index contributed by atoms with van der Waals surface area (Å²) < 4.78 is 5.13. The number of nitrogens with one attached hydrogen (secondary N) is 3. The Hall–Kier alpha value is -2.86. The summed E-state index contributed by atoms with van der Waals surface area (Å²) >= 11 is 0. The standard InChI is InChI=1S/C24H33N3O3/c1-7-27(15-22(28)25-19-11-13-20(30-6)14-12-19)18(5)24(29)26-23-17(4)9-8-10-21(23)16(2)3/h8-14,16,18H,7,15H2,1-6H3,(H,25,28)(H,26,29)/p+1/t18-/m0/s1. The van der Waals surface area contributed by atoms with Gasteiger partial charge in [-0.05, 0) is 62.1 Å². The van der Waals surface area contributed by atoms with Crippen LogP contribution in [0.2, 0.25) is 0 Å². The van der Waals surface area contributed by atoms with E-state index in [1.807, 2.05) is 39.0 Å². The number of methoxy groups -OCH3 is 1. The van der Waals surface area contributed by atoms with Gasteiger partial charge in [0.1, 0.15) is 5.75 Å². The van der Waals surface area contributed by atoms with Gasteiger partial charge in [0.2, 0.25) is 0 Å². The van der Waals surface area contributed by atoms with Gasteiger partial charge in [-0.2, -0.15) is 0 Å². The number of likely N-dealkylation sites (N-methyl/N-ethyl adjacent to an activating group) is 1. The molecule has 0 radical (unpaired) electrons. The molecule has 2 amide bonds. The van der Waals surface area contributed by atoms with Gasteiger partial charge < -0.3 is 20.3 Å². The van der Waals surface area contributed by atoms with Crippen molar-refractivity contribution in [3.05, 3.63) is 53.6 Å². The van der Waals surface area contributed by atoms with Crippen LogP contribution in [0.1, 0.15) is 44.7 Å². The molecule has 1 unspecified atom stereocenters. The Morgan fingerprint density at radius 2 is 1.70 bits per heavy atom. The molecule has 0 aromatic heterocycles. The van der Waals surface area contributed by atoms with Crippen LogP contribution < -0.4 is 20.3 Å². The lowest BCUT2D eigenvalue weighted by Crippen LogP contribution is -3.17. The van der Waals surface area contributed by atoms with Crippen LogP contribution in [0.15, 0.2) is 42.5 Å². The SMILES string of the molecule is CC[NH+](CC(=O)Nc1ccc(OC)cc1)[C@@H](C)C(=O)Nc1c(C)cccc1C(C)C. The Morgan fingerprint density at radius 3 is 2.27 bits per heavy atom. The van der Waals surface area contributed by atoms with Gasteiger partial charge in [-0.25, -0.2) is 0 Å². The Bertz CT molecular complexity index is 862. The topological polar surface area (TPSA) is 71.9 Å². The molecule has 0 fully saturated rings. The van der Waals surface area contributed by atoms with Gasteiger partial charge in [-0.15, -0.1) is 0 Å². The number of anilines is 2. The van der Waals surface area contributed by atoms with Crippen LogP contribution in [0.3, 0.4) is 0 Å². The van der Waals surface area contributed by atoms with Crippen LogP contribution in [-0.4, -0.2) is 38.1 Å². The van der Waals surface area contributed by atoms with E-state index in [-0.39, 0.29) is 24.4 Å². The number of rotatable bonds is 9. The summed E-state index contributed by atoms with van der Waals surface area (Å²) in [6, 6.07) is 12.9. The van der Waals surface area contributed by atoms with Crippen LogP contribution in [0.25, 0.3) is 0 Å². The number of para-hydroxylation sites is 1. The van der Waals surface area contributed by atoms with E-state index in [2.05, 4.69) is 24.5 Å². The van der Waals surface area contributed by atoms with Crippen molar-refractivity contribution in [1.82, 2.24) is 0 Å². The summed E-state index contributed by atoms with van der Waals surface area (Å²) in [4.78, 5) is 26.4. The fraction of sp³-hybridized carbons (Fsp3) is 0.417. The molecule has 0 saturated carbocycles. The predicted octanol–water partition coefficient (Wildman–Crippen LogP) is 3.00. The third kappa shape index (κ3) is 6.07. The summed E-state index contributed by atoms with van der Waals surface area (Å²) in [5, 5.41) is 5.99. The molecule has 6 heteroatoms. The molecule has 0 aliphatic rings. The quantitative estimate of drug-likeness (QED) is 0.593. The van der Waals surface area contributed by atoms with Crippen LogP contribution in [0, 0.1) is 6.92 Å². The number of amides is 2. The van der Waals surface area contributed by atoms with Gasteiger partial charge >= 0.3 is 0 Å². The zero-order chi connectivity index (χ0) is 22.3. The minimum Gasteiger partial charge on any atom is -0.497 e. The second-order valence-corrected chi connectivity index (χ2v) is 7.87. The van der Waals surface area contributed by atoms with E-state index in [1.54, 1.807) is 31.4 Å². The predicted molar refractivity (Wildman–Crippen MR) is 121 cm³/mol. The molecule has 30 heavy (non-hydrogen) atoms. The van der Waals surface area contributed by atoms with Crippen molar-refractivity contribution >= 4 is 23.2 Å². The van der Waals surface area contributed by atoms with E-state index >= 15 is 0 Å². The van der Waals surface area contributed by atoms with Crippen molar-refractivity contribution in [3.63, 3.8) is 0 Å². The van der Waals surface area contributed by atoms with Crippen molar-refractivity contribution in [3.8, 4) is 5.75 Å². The van der Waals surface area contributed by atoms with E-state index in [0.29, 0.717) is 18.2 Å². The largest absolute Gasteiger partial charge is 0.497 e. The van der Waals surface area contributed by atoms with Crippen molar-refractivity contribution < 1.29 is 19.2 Å². The van der Waals surface area contributed by atoms with Gasteiger partial charge in [0.25, 0.3) is 11.8 Å². The summed E-state index contributed by atoms with van der Waals surface area (Å²) in [6.45, 7) is 10.9. The second kappa shape index (κ2) is 10.8. The monoisotopic (exact) mass is 412 g/mol. The molecule has 0 bridgehead atoms. The highest BCUT2D eigenvalue weighted by molar-refractivity contribution is 5.96. The lowest BCUT2D eigenvalue weighted by molar-refractivity contribution is -0.904. The molecule has 2 atom stereocenters. The van der Waals surface area contributed by atoms with Gasteiger partial charge in [-0.3, -0.25) is 9.59 Å². The molecule has 162 valence electrons. The van der Waals surface area contributed by atoms with E-state index in [4.69, 9.17) is 4.74 Å². The zero-order valence-electron chi connectivity index (χ0n) is 18.8. The average Bonchev–Trinajstić information content (AvgIpc) is 2.73. The number of aryl methyl sites for hydroxylation is 1. The van der Waals surface area contributed by atoms with Crippen LogP contribution in [0.5, 0.6) is 5.75 Å². The lowest BCUT2D eigenvalue weighted by Gasteiger charge is -2.25. The summed E-state index contributed by atoms with van der Waals surface area (Å²) in [5.41, 5.74) is 3.74. The maximum absolute atomic E-state index is 13.0. The van der Waals surface area contributed by atoms with Crippen molar-refractivity contribution in [2.75, 3.05) is 30.8 Å². The van der Waals surface area contributed by atoms with Gasteiger partial charge in [-0.1, -0.05) is 32.0 Å². The second-order valence-electron chi connectivity index (χ2n) is 7.87. The average molecular weight is 413 g/mol. The minimum absolute atomic E-state index is 0.0831. The highest BCUT2D eigenvalue weighted by atomic mass is 16.5. The number of ether oxygens (including phenoxy) is 1. The fourth-order valence-corrected chi connectivity index (χ4v) is 3.43. The number of carbonyl (C=O) groups is 2. The first kappa shape index (κ1) is 23.4. The number of benzene rings is 2. The molecule has 0 aliphatic heterocycles. The number of hydrogen-bond donors (Lipinski definition) is 3. The Labute approximate surface area is 179 Å². The first-order valence-corrected chi connectivity index (χ1v) is 10.5. The molecule has 0 heterocycles. The van der Waals surface area contributed by atoms with E-state index in [9.17, 15) is 9.59 Å². The highest BCUT2D eigenvalue weighted by Gasteiger charge is 2.27. The molecular formula is C24H34N3O3+. The first-order chi connectivity index (χ1) is 14.3. The maximum atomic E-state index is 13.0.